The Morgan fingerprint density at radius 1 is 0.750 bits per heavy atom. The first-order valence-corrected chi connectivity index (χ1v) is 11.0. The van der Waals surface area contributed by atoms with E-state index in [0.717, 1.165) is 4.90 Å². The molecule has 4 rings (SSSR count). The van der Waals surface area contributed by atoms with Crippen molar-refractivity contribution in [1.82, 2.24) is 5.32 Å². The van der Waals surface area contributed by atoms with Crippen LogP contribution in [-0.4, -0.2) is 45.3 Å². The standard InChI is InChI=1S/C27H24N2O7/c1-33-20-13-11-19(12-14-20)29-26(31)21(25(30)28-27(29)32)17-18-7-3-4-8-22(18)35-15-16-36-24-10-6-5-9-23(24)34-2/h3-14,17H,15-16H2,1-2H3,(H,28,30,32). The summed E-state index contributed by atoms with van der Waals surface area (Å²) in [6.07, 6.45) is 1.40. The Morgan fingerprint density at radius 3 is 2.03 bits per heavy atom. The van der Waals surface area contributed by atoms with Crippen molar-refractivity contribution >= 4 is 29.6 Å². The Balaban J connectivity index is 1.50. The van der Waals surface area contributed by atoms with E-state index in [0.29, 0.717) is 34.2 Å². The predicted octanol–water partition coefficient (Wildman–Crippen LogP) is 3.83. The summed E-state index contributed by atoms with van der Waals surface area (Å²) in [5.41, 5.74) is 0.596. The fourth-order valence-corrected chi connectivity index (χ4v) is 3.55. The lowest BCUT2D eigenvalue weighted by Gasteiger charge is -2.26. The quantitative estimate of drug-likeness (QED) is 0.277. The van der Waals surface area contributed by atoms with Gasteiger partial charge >= 0.3 is 6.03 Å². The number of benzene rings is 3. The lowest BCUT2D eigenvalue weighted by molar-refractivity contribution is -0.122. The molecule has 0 radical (unpaired) electrons. The number of hydrogen-bond donors (Lipinski definition) is 1. The maximum atomic E-state index is 13.2. The van der Waals surface area contributed by atoms with Gasteiger partial charge in [-0.25, -0.2) is 9.69 Å². The molecule has 0 aliphatic carbocycles. The smallest absolute Gasteiger partial charge is 0.335 e. The van der Waals surface area contributed by atoms with E-state index in [1.165, 1.54) is 13.2 Å². The van der Waals surface area contributed by atoms with Crippen molar-refractivity contribution in [2.24, 2.45) is 0 Å². The molecule has 1 heterocycles. The third kappa shape index (κ3) is 5.30. The van der Waals surface area contributed by atoms with Gasteiger partial charge in [-0.2, -0.15) is 0 Å². The van der Waals surface area contributed by atoms with Gasteiger partial charge in [0.15, 0.2) is 11.5 Å². The molecule has 1 aliphatic rings. The summed E-state index contributed by atoms with van der Waals surface area (Å²) >= 11 is 0. The van der Waals surface area contributed by atoms with Crippen LogP contribution < -0.4 is 29.2 Å². The first-order chi connectivity index (χ1) is 17.5. The molecule has 1 fully saturated rings. The van der Waals surface area contributed by atoms with Crippen LogP contribution in [0.2, 0.25) is 0 Å². The number of rotatable bonds is 9. The Labute approximate surface area is 207 Å². The number of ether oxygens (including phenoxy) is 4. The Morgan fingerprint density at radius 2 is 1.36 bits per heavy atom. The van der Waals surface area contributed by atoms with Crippen LogP contribution in [0.4, 0.5) is 10.5 Å². The number of barbiturate groups is 1. The van der Waals surface area contributed by atoms with Crippen LogP contribution in [0.5, 0.6) is 23.0 Å². The highest BCUT2D eigenvalue weighted by Crippen LogP contribution is 2.28. The molecule has 0 unspecified atom stereocenters. The van der Waals surface area contributed by atoms with Crippen molar-refractivity contribution in [3.63, 3.8) is 0 Å². The number of carbonyl (C=O) groups excluding carboxylic acids is 3. The zero-order valence-electron chi connectivity index (χ0n) is 19.7. The SMILES string of the molecule is COc1ccc(N2C(=O)NC(=O)C(=Cc3ccccc3OCCOc3ccccc3OC)C2=O)cc1. The van der Waals surface area contributed by atoms with Crippen molar-refractivity contribution in [2.75, 3.05) is 32.3 Å². The molecule has 9 heteroatoms. The molecule has 0 atom stereocenters. The lowest BCUT2D eigenvalue weighted by atomic mass is 10.1. The second-order valence-electron chi connectivity index (χ2n) is 7.54. The summed E-state index contributed by atoms with van der Waals surface area (Å²) in [6.45, 7) is 0.444. The number of amides is 4. The number of nitrogens with zero attached hydrogens (tertiary/aromatic N) is 1. The monoisotopic (exact) mass is 488 g/mol. The molecule has 0 saturated carbocycles. The fraction of sp³-hybridized carbons (Fsp3) is 0.148. The second kappa shape index (κ2) is 11.1. The molecule has 0 spiro atoms. The van der Waals surface area contributed by atoms with E-state index in [1.807, 2.05) is 12.1 Å². The zero-order valence-corrected chi connectivity index (χ0v) is 19.7. The molecule has 1 N–H and O–H groups in total. The van der Waals surface area contributed by atoms with Gasteiger partial charge < -0.3 is 18.9 Å². The molecule has 4 amide bonds. The molecule has 0 aromatic heterocycles. The number of hydrogen-bond acceptors (Lipinski definition) is 7. The fourth-order valence-electron chi connectivity index (χ4n) is 3.55. The topological polar surface area (TPSA) is 103 Å². The average molecular weight is 488 g/mol. The maximum Gasteiger partial charge on any atom is 0.335 e. The molecular weight excluding hydrogens is 464 g/mol. The van der Waals surface area contributed by atoms with E-state index in [9.17, 15) is 14.4 Å². The third-order valence-electron chi connectivity index (χ3n) is 5.32. The van der Waals surface area contributed by atoms with Crippen molar-refractivity contribution in [3.8, 4) is 23.0 Å². The molecule has 3 aromatic rings. The van der Waals surface area contributed by atoms with Crippen LogP contribution in [0, 0.1) is 0 Å². The minimum absolute atomic E-state index is 0.202. The van der Waals surface area contributed by atoms with Gasteiger partial charge in [0, 0.05) is 5.56 Å². The Hall–Kier alpha value is -4.79. The summed E-state index contributed by atoms with van der Waals surface area (Å²) in [4.78, 5) is 39.1. The zero-order chi connectivity index (χ0) is 25.5. The van der Waals surface area contributed by atoms with Gasteiger partial charge in [0.25, 0.3) is 11.8 Å². The summed E-state index contributed by atoms with van der Waals surface area (Å²) in [5, 5.41) is 2.21. The maximum absolute atomic E-state index is 13.2. The van der Waals surface area contributed by atoms with Crippen LogP contribution >= 0.6 is 0 Å². The number of carbonyl (C=O) groups is 3. The lowest BCUT2D eigenvalue weighted by Crippen LogP contribution is -2.54. The van der Waals surface area contributed by atoms with Gasteiger partial charge in [0.2, 0.25) is 0 Å². The number of anilines is 1. The van der Waals surface area contributed by atoms with Gasteiger partial charge in [-0.1, -0.05) is 30.3 Å². The molecule has 36 heavy (non-hydrogen) atoms. The number of methoxy groups -OCH3 is 2. The summed E-state index contributed by atoms with van der Waals surface area (Å²) in [5.74, 6) is 0.679. The van der Waals surface area contributed by atoms with E-state index in [-0.39, 0.29) is 18.8 Å². The Bertz CT molecular complexity index is 1300. The highest BCUT2D eigenvalue weighted by Gasteiger charge is 2.37. The first-order valence-electron chi connectivity index (χ1n) is 11.0. The van der Waals surface area contributed by atoms with E-state index in [4.69, 9.17) is 18.9 Å². The van der Waals surface area contributed by atoms with Crippen LogP contribution in [0.15, 0.2) is 78.4 Å². The molecule has 1 aliphatic heterocycles. The summed E-state index contributed by atoms with van der Waals surface area (Å²) in [6, 6.07) is 19.7. The van der Waals surface area contributed by atoms with Crippen molar-refractivity contribution < 1.29 is 33.3 Å². The van der Waals surface area contributed by atoms with Crippen LogP contribution in [-0.2, 0) is 9.59 Å². The van der Waals surface area contributed by atoms with Gasteiger partial charge in [-0.3, -0.25) is 14.9 Å². The second-order valence-corrected chi connectivity index (χ2v) is 7.54. The van der Waals surface area contributed by atoms with Crippen molar-refractivity contribution in [1.29, 1.82) is 0 Å². The molecule has 9 nitrogen and oxygen atoms in total. The molecule has 184 valence electrons. The minimum Gasteiger partial charge on any atom is -0.497 e. The van der Waals surface area contributed by atoms with Crippen molar-refractivity contribution in [3.05, 3.63) is 83.9 Å². The number of imide groups is 2. The molecule has 0 bridgehead atoms. The number of urea groups is 1. The van der Waals surface area contributed by atoms with E-state index in [1.54, 1.807) is 67.8 Å². The van der Waals surface area contributed by atoms with Crippen LogP contribution in [0.1, 0.15) is 5.56 Å². The van der Waals surface area contributed by atoms with Gasteiger partial charge in [-0.05, 0) is 48.5 Å². The summed E-state index contributed by atoms with van der Waals surface area (Å²) in [7, 11) is 3.08. The van der Waals surface area contributed by atoms with E-state index in [2.05, 4.69) is 5.32 Å². The highest BCUT2D eigenvalue weighted by atomic mass is 16.5. The average Bonchev–Trinajstić information content (AvgIpc) is 2.90. The van der Waals surface area contributed by atoms with Gasteiger partial charge in [0.05, 0.1) is 19.9 Å². The summed E-state index contributed by atoms with van der Waals surface area (Å²) < 4.78 is 22.0. The van der Waals surface area contributed by atoms with Gasteiger partial charge in [-0.15, -0.1) is 0 Å². The Kier molecular flexibility index (Phi) is 7.50. The molecule has 3 aromatic carbocycles. The number of para-hydroxylation sites is 3. The normalized spacial score (nSPS) is 14.4. The number of nitrogens with one attached hydrogen (secondary N) is 1. The van der Waals surface area contributed by atoms with Gasteiger partial charge in [0.1, 0.15) is 30.3 Å². The predicted molar refractivity (Wildman–Crippen MR) is 132 cm³/mol. The van der Waals surface area contributed by atoms with Crippen LogP contribution in [0.25, 0.3) is 6.08 Å². The molecule has 1 saturated heterocycles. The van der Waals surface area contributed by atoms with E-state index < -0.39 is 17.8 Å². The van der Waals surface area contributed by atoms with Crippen molar-refractivity contribution in [2.45, 2.75) is 0 Å². The largest absolute Gasteiger partial charge is 0.497 e. The van der Waals surface area contributed by atoms with Crippen LogP contribution in [0.3, 0.4) is 0 Å². The third-order valence-corrected chi connectivity index (χ3v) is 5.32. The molecular formula is C27H24N2O7. The highest BCUT2D eigenvalue weighted by molar-refractivity contribution is 6.39. The minimum atomic E-state index is -0.828. The first kappa shape index (κ1) is 24.3. The van der Waals surface area contributed by atoms with E-state index >= 15 is 0 Å².